The molecule has 0 radical (unpaired) electrons. The van der Waals surface area contributed by atoms with Crippen LogP contribution < -0.4 is 14.8 Å². The first-order chi connectivity index (χ1) is 9.74. The van der Waals surface area contributed by atoms with Crippen LogP contribution in [-0.4, -0.2) is 18.6 Å². The Balaban J connectivity index is 2.28. The molecule has 1 N–H and O–H groups in total. The predicted octanol–water partition coefficient (Wildman–Crippen LogP) is 3.13. The Morgan fingerprint density at radius 3 is 2.70 bits per heavy atom. The van der Waals surface area contributed by atoms with Gasteiger partial charge in [0.1, 0.15) is 5.82 Å². The number of pyridine rings is 1. The second-order valence-electron chi connectivity index (χ2n) is 4.15. The molecule has 106 valence electrons. The standard InChI is InChI=1S/C15H17FN2O2/c1-3-17-9-11-8-12(16)10-18-15(11)20-14-7-5-4-6-13(14)19-2/h4-8,10,17H,3,9H2,1-2H3. The Morgan fingerprint density at radius 1 is 1.25 bits per heavy atom. The molecule has 0 atom stereocenters. The van der Waals surface area contributed by atoms with Crippen LogP contribution in [0.25, 0.3) is 0 Å². The quantitative estimate of drug-likeness (QED) is 0.880. The molecular formula is C15H17FN2O2. The van der Waals surface area contributed by atoms with Gasteiger partial charge in [-0.2, -0.15) is 0 Å². The Kier molecular flexibility index (Phi) is 4.90. The van der Waals surface area contributed by atoms with E-state index < -0.39 is 0 Å². The zero-order valence-electron chi connectivity index (χ0n) is 11.5. The first-order valence-corrected chi connectivity index (χ1v) is 6.40. The predicted molar refractivity (Wildman–Crippen MR) is 74.6 cm³/mol. The number of para-hydroxylation sites is 2. The molecule has 4 nitrogen and oxygen atoms in total. The van der Waals surface area contributed by atoms with Gasteiger partial charge in [0, 0.05) is 12.1 Å². The summed E-state index contributed by atoms with van der Waals surface area (Å²) >= 11 is 0. The largest absolute Gasteiger partial charge is 0.493 e. The van der Waals surface area contributed by atoms with Crippen molar-refractivity contribution < 1.29 is 13.9 Å². The third-order valence-corrected chi connectivity index (χ3v) is 2.73. The fraction of sp³-hybridized carbons (Fsp3) is 0.267. The number of nitrogens with one attached hydrogen (secondary N) is 1. The number of methoxy groups -OCH3 is 1. The number of ether oxygens (including phenoxy) is 2. The molecule has 0 fully saturated rings. The zero-order chi connectivity index (χ0) is 14.4. The van der Waals surface area contributed by atoms with Crippen LogP contribution in [0.1, 0.15) is 12.5 Å². The molecule has 0 spiro atoms. The van der Waals surface area contributed by atoms with Gasteiger partial charge in [-0.25, -0.2) is 9.37 Å². The van der Waals surface area contributed by atoms with E-state index in [1.54, 1.807) is 19.2 Å². The number of hydrogen-bond donors (Lipinski definition) is 1. The van der Waals surface area contributed by atoms with Crippen LogP contribution in [0.5, 0.6) is 17.4 Å². The second kappa shape index (κ2) is 6.86. The average molecular weight is 276 g/mol. The van der Waals surface area contributed by atoms with E-state index in [9.17, 15) is 4.39 Å². The van der Waals surface area contributed by atoms with E-state index in [0.29, 0.717) is 29.5 Å². The molecule has 2 rings (SSSR count). The Hall–Kier alpha value is -2.14. The molecule has 0 aliphatic heterocycles. The lowest BCUT2D eigenvalue weighted by Crippen LogP contribution is -2.13. The lowest BCUT2D eigenvalue weighted by Gasteiger charge is -2.12. The fourth-order valence-corrected chi connectivity index (χ4v) is 1.75. The van der Waals surface area contributed by atoms with Gasteiger partial charge in [-0.15, -0.1) is 0 Å². The van der Waals surface area contributed by atoms with Crippen molar-refractivity contribution in [3.05, 3.63) is 47.9 Å². The first kappa shape index (κ1) is 14.3. The molecule has 20 heavy (non-hydrogen) atoms. The number of rotatable bonds is 6. The Labute approximate surface area is 117 Å². The maximum absolute atomic E-state index is 13.3. The van der Waals surface area contributed by atoms with Gasteiger partial charge in [0.15, 0.2) is 11.5 Å². The maximum Gasteiger partial charge on any atom is 0.224 e. The van der Waals surface area contributed by atoms with Crippen LogP contribution >= 0.6 is 0 Å². The Bertz CT molecular complexity index is 576. The average Bonchev–Trinajstić information content (AvgIpc) is 2.48. The third-order valence-electron chi connectivity index (χ3n) is 2.73. The van der Waals surface area contributed by atoms with Crippen molar-refractivity contribution in [2.24, 2.45) is 0 Å². The summed E-state index contributed by atoms with van der Waals surface area (Å²) in [5.41, 5.74) is 0.665. The van der Waals surface area contributed by atoms with Gasteiger partial charge in [0.25, 0.3) is 0 Å². The van der Waals surface area contributed by atoms with Gasteiger partial charge in [0.05, 0.1) is 13.3 Å². The highest BCUT2D eigenvalue weighted by Crippen LogP contribution is 2.31. The maximum atomic E-state index is 13.3. The summed E-state index contributed by atoms with van der Waals surface area (Å²) in [6, 6.07) is 8.68. The summed E-state index contributed by atoms with van der Waals surface area (Å²) in [4.78, 5) is 4.01. The van der Waals surface area contributed by atoms with Gasteiger partial charge >= 0.3 is 0 Å². The van der Waals surface area contributed by atoms with Crippen molar-refractivity contribution in [2.75, 3.05) is 13.7 Å². The molecule has 0 bridgehead atoms. The molecule has 0 saturated carbocycles. The number of nitrogens with zero attached hydrogens (tertiary/aromatic N) is 1. The summed E-state index contributed by atoms with van der Waals surface area (Å²) in [5, 5.41) is 3.13. The van der Waals surface area contributed by atoms with Gasteiger partial charge in [0.2, 0.25) is 5.88 Å². The van der Waals surface area contributed by atoms with Crippen LogP contribution in [0.4, 0.5) is 4.39 Å². The van der Waals surface area contributed by atoms with Crippen molar-refractivity contribution in [3.8, 4) is 17.4 Å². The summed E-state index contributed by atoms with van der Waals surface area (Å²) in [7, 11) is 1.57. The zero-order valence-corrected chi connectivity index (χ0v) is 11.5. The highest BCUT2D eigenvalue weighted by molar-refractivity contribution is 5.42. The van der Waals surface area contributed by atoms with E-state index in [-0.39, 0.29) is 5.82 Å². The lowest BCUT2D eigenvalue weighted by atomic mass is 10.2. The monoisotopic (exact) mass is 276 g/mol. The van der Waals surface area contributed by atoms with Gasteiger partial charge in [-0.1, -0.05) is 19.1 Å². The molecule has 2 aromatic rings. The molecule has 0 unspecified atom stereocenters. The van der Waals surface area contributed by atoms with Gasteiger partial charge < -0.3 is 14.8 Å². The number of aromatic nitrogens is 1. The summed E-state index contributed by atoms with van der Waals surface area (Å²) in [6.07, 6.45) is 1.14. The highest BCUT2D eigenvalue weighted by atomic mass is 19.1. The molecule has 0 aliphatic carbocycles. The molecule has 1 aromatic heterocycles. The number of hydrogen-bond acceptors (Lipinski definition) is 4. The van der Waals surface area contributed by atoms with E-state index in [1.165, 1.54) is 6.07 Å². The van der Waals surface area contributed by atoms with Gasteiger partial charge in [-0.05, 0) is 24.7 Å². The molecular weight excluding hydrogens is 259 g/mol. The smallest absolute Gasteiger partial charge is 0.224 e. The molecule has 0 amide bonds. The van der Waals surface area contributed by atoms with E-state index >= 15 is 0 Å². The minimum absolute atomic E-state index is 0.372. The molecule has 0 saturated heterocycles. The van der Waals surface area contributed by atoms with Crippen LogP contribution in [0.3, 0.4) is 0 Å². The highest BCUT2D eigenvalue weighted by Gasteiger charge is 2.11. The summed E-state index contributed by atoms with van der Waals surface area (Å²) in [5.74, 6) is 1.14. The molecule has 5 heteroatoms. The normalized spacial score (nSPS) is 10.3. The third kappa shape index (κ3) is 3.45. The minimum Gasteiger partial charge on any atom is -0.493 e. The van der Waals surface area contributed by atoms with E-state index in [4.69, 9.17) is 9.47 Å². The van der Waals surface area contributed by atoms with Crippen molar-refractivity contribution in [1.82, 2.24) is 10.3 Å². The number of halogens is 1. The summed E-state index contributed by atoms with van der Waals surface area (Å²) < 4.78 is 24.2. The first-order valence-electron chi connectivity index (χ1n) is 6.40. The Morgan fingerprint density at radius 2 is 2.00 bits per heavy atom. The van der Waals surface area contributed by atoms with Crippen LogP contribution in [-0.2, 0) is 6.54 Å². The molecule has 1 heterocycles. The van der Waals surface area contributed by atoms with E-state index in [2.05, 4.69) is 10.3 Å². The lowest BCUT2D eigenvalue weighted by molar-refractivity contribution is 0.371. The SMILES string of the molecule is CCNCc1cc(F)cnc1Oc1ccccc1OC. The van der Waals surface area contributed by atoms with Crippen molar-refractivity contribution >= 4 is 0 Å². The minimum atomic E-state index is -0.384. The second-order valence-corrected chi connectivity index (χ2v) is 4.15. The van der Waals surface area contributed by atoms with Crippen LogP contribution in [0, 0.1) is 5.82 Å². The molecule has 0 aliphatic rings. The van der Waals surface area contributed by atoms with Crippen LogP contribution in [0.15, 0.2) is 36.5 Å². The van der Waals surface area contributed by atoms with Gasteiger partial charge in [-0.3, -0.25) is 0 Å². The van der Waals surface area contributed by atoms with Crippen LogP contribution in [0.2, 0.25) is 0 Å². The fourth-order valence-electron chi connectivity index (χ4n) is 1.75. The van der Waals surface area contributed by atoms with E-state index in [1.807, 2.05) is 19.1 Å². The molecule has 1 aromatic carbocycles. The van der Waals surface area contributed by atoms with Crippen molar-refractivity contribution in [3.63, 3.8) is 0 Å². The van der Waals surface area contributed by atoms with Crippen molar-refractivity contribution in [1.29, 1.82) is 0 Å². The summed E-state index contributed by atoms with van der Waals surface area (Å²) in [6.45, 7) is 3.25. The topological polar surface area (TPSA) is 43.4 Å². The number of benzene rings is 1. The van der Waals surface area contributed by atoms with E-state index in [0.717, 1.165) is 12.7 Å². The van der Waals surface area contributed by atoms with Crippen molar-refractivity contribution in [2.45, 2.75) is 13.5 Å².